The number of hydrogen-bond acceptors (Lipinski definition) is 2. The Morgan fingerprint density at radius 2 is 2.14 bits per heavy atom. The van der Waals surface area contributed by atoms with Crippen molar-refractivity contribution in [2.75, 3.05) is 7.05 Å². The molecular weight excluding hydrogens is 258 g/mol. The van der Waals surface area contributed by atoms with Crippen LogP contribution in [0.4, 0.5) is 0 Å². The Balaban J connectivity index is 2.78. The van der Waals surface area contributed by atoms with Gasteiger partial charge >= 0.3 is 0 Å². The van der Waals surface area contributed by atoms with E-state index in [1.807, 2.05) is 18.4 Å². The highest BCUT2D eigenvalue weighted by Crippen LogP contribution is 2.35. The molecule has 0 aliphatic heterocycles. The van der Waals surface area contributed by atoms with Crippen LogP contribution in [0.3, 0.4) is 0 Å². The lowest BCUT2D eigenvalue weighted by Gasteiger charge is -2.25. The van der Waals surface area contributed by atoms with Gasteiger partial charge in [-0.15, -0.1) is 11.3 Å². The first-order valence-corrected chi connectivity index (χ1v) is 6.51. The first-order chi connectivity index (χ1) is 6.44. The molecule has 1 atom stereocenters. The molecule has 0 fully saturated rings. The van der Waals surface area contributed by atoms with Crippen LogP contribution in [0.2, 0.25) is 0 Å². The predicted molar refractivity (Wildman–Crippen MR) is 67.9 cm³/mol. The summed E-state index contributed by atoms with van der Waals surface area (Å²) in [7, 11) is 2.03. The standard InChI is InChI=1S/C11H18BrNS/c1-11(2,3)7-9(13-4)10-8(12)5-6-14-10/h5-6,9,13H,7H2,1-4H3. The average molecular weight is 276 g/mol. The van der Waals surface area contributed by atoms with Gasteiger partial charge in [-0.3, -0.25) is 0 Å². The van der Waals surface area contributed by atoms with Gasteiger partial charge in [-0.1, -0.05) is 20.8 Å². The second kappa shape index (κ2) is 4.77. The largest absolute Gasteiger partial charge is 0.312 e. The quantitative estimate of drug-likeness (QED) is 0.872. The van der Waals surface area contributed by atoms with Crippen molar-refractivity contribution in [1.82, 2.24) is 5.32 Å². The molecule has 0 amide bonds. The molecule has 1 aromatic rings. The van der Waals surface area contributed by atoms with Gasteiger partial charge in [0.15, 0.2) is 0 Å². The van der Waals surface area contributed by atoms with Crippen LogP contribution in [0.15, 0.2) is 15.9 Å². The molecular formula is C11H18BrNS. The molecule has 14 heavy (non-hydrogen) atoms. The third-order valence-electron chi connectivity index (χ3n) is 2.13. The lowest BCUT2D eigenvalue weighted by Crippen LogP contribution is -2.21. The summed E-state index contributed by atoms with van der Waals surface area (Å²) in [5, 5.41) is 5.51. The van der Waals surface area contributed by atoms with Crippen molar-refractivity contribution in [3.8, 4) is 0 Å². The number of thiophene rings is 1. The molecule has 1 N–H and O–H groups in total. The molecule has 0 aliphatic rings. The third kappa shape index (κ3) is 3.37. The zero-order valence-electron chi connectivity index (χ0n) is 9.23. The maximum Gasteiger partial charge on any atom is 0.0428 e. The fourth-order valence-electron chi connectivity index (χ4n) is 1.49. The van der Waals surface area contributed by atoms with E-state index < -0.39 is 0 Å². The highest BCUT2D eigenvalue weighted by atomic mass is 79.9. The second-order valence-corrected chi connectivity index (χ2v) is 6.54. The van der Waals surface area contributed by atoms with Crippen molar-refractivity contribution in [3.05, 3.63) is 20.8 Å². The van der Waals surface area contributed by atoms with Crippen molar-refractivity contribution in [3.63, 3.8) is 0 Å². The maximum atomic E-state index is 3.59. The fourth-order valence-corrected chi connectivity index (χ4v) is 3.25. The summed E-state index contributed by atoms with van der Waals surface area (Å²) in [6.07, 6.45) is 1.16. The summed E-state index contributed by atoms with van der Waals surface area (Å²) in [5.41, 5.74) is 0.358. The summed E-state index contributed by atoms with van der Waals surface area (Å²) in [4.78, 5) is 1.41. The summed E-state index contributed by atoms with van der Waals surface area (Å²) >= 11 is 5.40. The Kier molecular flexibility index (Phi) is 4.16. The Bertz CT molecular complexity index is 288. The normalized spacial score (nSPS) is 14.4. The Hall–Kier alpha value is 0.140. The van der Waals surface area contributed by atoms with Crippen LogP contribution in [0.25, 0.3) is 0 Å². The van der Waals surface area contributed by atoms with Gasteiger partial charge in [-0.25, -0.2) is 0 Å². The Morgan fingerprint density at radius 3 is 2.50 bits per heavy atom. The summed E-state index contributed by atoms with van der Waals surface area (Å²) in [6, 6.07) is 2.58. The predicted octanol–water partition coefficient (Wildman–Crippen LogP) is 4.21. The number of halogens is 1. The van der Waals surface area contributed by atoms with Gasteiger partial charge in [0, 0.05) is 15.4 Å². The third-order valence-corrected chi connectivity index (χ3v) is 4.11. The molecule has 0 saturated heterocycles. The van der Waals surface area contributed by atoms with Gasteiger partial charge in [0.1, 0.15) is 0 Å². The number of nitrogens with one attached hydrogen (secondary N) is 1. The Labute approximate surface area is 99.0 Å². The second-order valence-electron chi connectivity index (χ2n) is 4.74. The highest BCUT2D eigenvalue weighted by Gasteiger charge is 2.21. The molecule has 0 radical (unpaired) electrons. The van der Waals surface area contributed by atoms with E-state index in [2.05, 4.69) is 53.5 Å². The van der Waals surface area contributed by atoms with E-state index in [0.717, 1.165) is 6.42 Å². The SMILES string of the molecule is CNC(CC(C)(C)C)c1sccc1Br. The minimum atomic E-state index is 0.358. The molecule has 1 unspecified atom stereocenters. The van der Waals surface area contributed by atoms with E-state index in [1.54, 1.807) is 0 Å². The number of hydrogen-bond donors (Lipinski definition) is 1. The first kappa shape index (κ1) is 12.2. The highest BCUT2D eigenvalue weighted by molar-refractivity contribution is 9.10. The van der Waals surface area contributed by atoms with Crippen LogP contribution in [0.1, 0.15) is 38.1 Å². The lowest BCUT2D eigenvalue weighted by molar-refractivity contribution is 0.323. The zero-order chi connectivity index (χ0) is 10.8. The zero-order valence-corrected chi connectivity index (χ0v) is 11.6. The van der Waals surface area contributed by atoms with Crippen molar-refractivity contribution >= 4 is 27.3 Å². The van der Waals surface area contributed by atoms with Crippen LogP contribution in [0, 0.1) is 5.41 Å². The van der Waals surface area contributed by atoms with Gasteiger partial charge < -0.3 is 5.32 Å². The van der Waals surface area contributed by atoms with E-state index in [1.165, 1.54) is 9.35 Å². The molecule has 1 nitrogen and oxygen atoms in total. The van der Waals surface area contributed by atoms with Gasteiger partial charge in [0.25, 0.3) is 0 Å². The van der Waals surface area contributed by atoms with Crippen molar-refractivity contribution < 1.29 is 0 Å². The molecule has 3 heteroatoms. The molecule has 1 heterocycles. The van der Waals surface area contributed by atoms with Crippen LogP contribution in [0.5, 0.6) is 0 Å². The number of rotatable bonds is 3. The lowest BCUT2D eigenvalue weighted by atomic mass is 9.87. The van der Waals surface area contributed by atoms with Gasteiger partial charge in [-0.05, 0) is 46.3 Å². The van der Waals surface area contributed by atoms with Crippen molar-refractivity contribution in [2.45, 2.75) is 33.2 Å². The Morgan fingerprint density at radius 1 is 1.50 bits per heavy atom. The minimum Gasteiger partial charge on any atom is -0.312 e. The molecule has 1 rings (SSSR count). The van der Waals surface area contributed by atoms with Crippen LogP contribution >= 0.6 is 27.3 Å². The smallest absolute Gasteiger partial charge is 0.0428 e. The van der Waals surface area contributed by atoms with E-state index in [-0.39, 0.29) is 0 Å². The molecule has 0 aliphatic carbocycles. The molecule has 0 spiro atoms. The molecule has 80 valence electrons. The fraction of sp³-hybridized carbons (Fsp3) is 0.636. The summed E-state index contributed by atoms with van der Waals surface area (Å²) < 4.78 is 1.23. The van der Waals surface area contributed by atoms with Crippen LogP contribution in [-0.4, -0.2) is 7.05 Å². The molecule has 0 saturated carbocycles. The van der Waals surface area contributed by atoms with E-state index in [9.17, 15) is 0 Å². The first-order valence-electron chi connectivity index (χ1n) is 4.84. The van der Waals surface area contributed by atoms with Gasteiger partial charge in [0.05, 0.1) is 0 Å². The molecule has 1 aromatic heterocycles. The van der Waals surface area contributed by atoms with Crippen LogP contribution in [-0.2, 0) is 0 Å². The maximum absolute atomic E-state index is 3.59. The molecule has 0 aromatic carbocycles. The molecule has 0 bridgehead atoms. The van der Waals surface area contributed by atoms with E-state index in [4.69, 9.17) is 0 Å². The average Bonchev–Trinajstić information content (AvgIpc) is 2.45. The monoisotopic (exact) mass is 275 g/mol. The summed E-state index contributed by atoms with van der Waals surface area (Å²) in [5.74, 6) is 0. The summed E-state index contributed by atoms with van der Waals surface area (Å²) in [6.45, 7) is 6.83. The van der Waals surface area contributed by atoms with E-state index >= 15 is 0 Å². The van der Waals surface area contributed by atoms with Crippen LogP contribution < -0.4 is 5.32 Å². The van der Waals surface area contributed by atoms with Gasteiger partial charge in [0.2, 0.25) is 0 Å². The van der Waals surface area contributed by atoms with E-state index in [0.29, 0.717) is 11.5 Å². The van der Waals surface area contributed by atoms with Crippen molar-refractivity contribution in [1.29, 1.82) is 0 Å². The van der Waals surface area contributed by atoms with Crippen molar-refractivity contribution in [2.24, 2.45) is 5.41 Å². The topological polar surface area (TPSA) is 12.0 Å². The minimum absolute atomic E-state index is 0.358. The van der Waals surface area contributed by atoms with Gasteiger partial charge in [-0.2, -0.15) is 0 Å².